The Morgan fingerprint density at radius 3 is 2.59 bits per heavy atom. The highest BCUT2D eigenvalue weighted by molar-refractivity contribution is 5.16. The number of nitrogens with two attached hydrogens (primary N) is 1. The molecule has 17 heavy (non-hydrogen) atoms. The van der Waals surface area contributed by atoms with Gasteiger partial charge in [-0.05, 0) is 32.3 Å². The SMILES string of the molecule is CC(C)(C(N)C1=COCCC1)N1CCOCC1. The van der Waals surface area contributed by atoms with Gasteiger partial charge in [0.1, 0.15) is 0 Å². The molecule has 0 spiro atoms. The zero-order valence-corrected chi connectivity index (χ0v) is 10.9. The summed E-state index contributed by atoms with van der Waals surface area (Å²) < 4.78 is 10.8. The van der Waals surface area contributed by atoms with Crippen molar-refractivity contribution in [1.82, 2.24) is 4.90 Å². The molecule has 0 aromatic carbocycles. The number of hydrogen-bond donors (Lipinski definition) is 1. The van der Waals surface area contributed by atoms with Crippen molar-refractivity contribution in [2.45, 2.75) is 38.3 Å². The topological polar surface area (TPSA) is 47.7 Å². The predicted molar refractivity (Wildman–Crippen MR) is 67.7 cm³/mol. The Kier molecular flexibility index (Phi) is 4.07. The highest BCUT2D eigenvalue weighted by atomic mass is 16.5. The van der Waals surface area contributed by atoms with Crippen LogP contribution in [0.1, 0.15) is 26.7 Å². The second-order valence-electron chi connectivity index (χ2n) is 5.40. The minimum absolute atomic E-state index is 0.0314. The third-order valence-electron chi connectivity index (χ3n) is 3.95. The van der Waals surface area contributed by atoms with E-state index < -0.39 is 0 Å². The van der Waals surface area contributed by atoms with Crippen LogP contribution in [-0.4, -0.2) is 49.4 Å². The molecule has 2 aliphatic rings. The summed E-state index contributed by atoms with van der Waals surface area (Å²) >= 11 is 0. The lowest BCUT2D eigenvalue weighted by atomic mass is 9.85. The van der Waals surface area contributed by atoms with Crippen molar-refractivity contribution in [3.05, 3.63) is 11.8 Å². The second-order valence-corrected chi connectivity index (χ2v) is 5.40. The van der Waals surface area contributed by atoms with E-state index in [1.807, 2.05) is 6.26 Å². The predicted octanol–water partition coefficient (Wildman–Crippen LogP) is 1.12. The maximum Gasteiger partial charge on any atom is 0.0876 e. The van der Waals surface area contributed by atoms with Crippen LogP contribution in [0.2, 0.25) is 0 Å². The Morgan fingerprint density at radius 2 is 2.00 bits per heavy atom. The first-order valence-electron chi connectivity index (χ1n) is 6.51. The fourth-order valence-corrected chi connectivity index (χ4v) is 2.60. The second kappa shape index (κ2) is 5.38. The van der Waals surface area contributed by atoms with Gasteiger partial charge in [0, 0.05) is 24.7 Å². The summed E-state index contributed by atoms with van der Waals surface area (Å²) in [4.78, 5) is 2.43. The normalized spacial score (nSPS) is 25.0. The zero-order valence-electron chi connectivity index (χ0n) is 10.9. The maximum absolute atomic E-state index is 6.43. The standard InChI is InChI=1S/C13H24N2O2/c1-13(2,15-5-8-16-9-6-15)12(14)11-4-3-7-17-10-11/h10,12H,3-9,14H2,1-2H3. The van der Waals surface area contributed by atoms with Crippen LogP contribution in [0.25, 0.3) is 0 Å². The molecule has 0 aromatic rings. The molecule has 4 heteroatoms. The fraction of sp³-hybridized carbons (Fsp3) is 0.846. The van der Waals surface area contributed by atoms with E-state index in [1.165, 1.54) is 5.57 Å². The monoisotopic (exact) mass is 240 g/mol. The number of hydrogen-bond acceptors (Lipinski definition) is 4. The molecule has 2 heterocycles. The molecule has 2 rings (SSSR count). The largest absolute Gasteiger partial charge is 0.501 e. The summed E-state index contributed by atoms with van der Waals surface area (Å²) in [7, 11) is 0. The van der Waals surface area contributed by atoms with E-state index in [2.05, 4.69) is 18.7 Å². The first-order valence-corrected chi connectivity index (χ1v) is 6.51. The molecule has 0 aromatic heterocycles. The van der Waals surface area contributed by atoms with Crippen LogP contribution >= 0.6 is 0 Å². The minimum atomic E-state index is -0.0314. The fourth-order valence-electron chi connectivity index (χ4n) is 2.60. The molecule has 0 radical (unpaired) electrons. The molecule has 0 amide bonds. The van der Waals surface area contributed by atoms with Gasteiger partial charge < -0.3 is 15.2 Å². The van der Waals surface area contributed by atoms with E-state index in [4.69, 9.17) is 15.2 Å². The Balaban J connectivity index is 2.04. The molecule has 1 fully saturated rings. The van der Waals surface area contributed by atoms with Gasteiger partial charge in [-0.3, -0.25) is 4.90 Å². The highest BCUT2D eigenvalue weighted by Gasteiger charge is 2.36. The van der Waals surface area contributed by atoms with Crippen molar-refractivity contribution in [2.75, 3.05) is 32.9 Å². The first-order chi connectivity index (χ1) is 8.12. The Bertz CT molecular complexity index is 283. The number of morpholine rings is 1. The van der Waals surface area contributed by atoms with E-state index in [-0.39, 0.29) is 11.6 Å². The maximum atomic E-state index is 6.43. The molecule has 2 aliphatic heterocycles. The number of rotatable bonds is 3. The Labute approximate surface area is 104 Å². The molecule has 1 saturated heterocycles. The molecular formula is C13H24N2O2. The molecule has 1 unspecified atom stereocenters. The van der Waals surface area contributed by atoms with Crippen LogP contribution in [0.4, 0.5) is 0 Å². The van der Waals surface area contributed by atoms with Gasteiger partial charge in [0.25, 0.3) is 0 Å². The molecule has 1 atom stereocenters. The van der Waals surface area contributed by atoms with Gasteiger partial charge in [-0.1, -0.05) is 0 Å². The Morgan fingerprint density at radius 1 is 1.29 bits per heavy atom. The van der Waals surface area contributed by atoms with Crippen molar-refractivity contribution >= 4 is 0 Å². The van der Waals surface area contributed by atoms with Crippen LogP contribution in [0.5, 0.6) is 0 Å². The van der Waals surface area contributed by atoms with Gasteiger partial charge in [0.05, 0.1) is 26.1 Å². The van der Waals surface area contributed by atoms with Crippen molar-refractivity contribution in [3.63, 3.8) is 0 Å². The van der Waals surface area contributed by atoms with E-state index in [1.54, 1.807) is 0 Å². The molecule has 2 N–H and O–H groups in total. The summed E-state index contributed by atoms with van der Waals surface area (Å²) in [5, 5.41) is 0. The smallest absolute Gasteiger partial charge is 0.0876 e. The molecule has 0 saturated carbocycles. The van der Waals surface area contributed by atoms with E-state index in [0.717, 1.165) is 45.8 Å². The van der Waals surface area contributed by atoms with E-state index in [0.29, 0.717) is 0 Å². The van der Waals surface area contributed by atoms with Gasteiger partial charge >= 0.3 is 0 Å². The quantitative estimate of drug-likeness (QED) is 0.803. The summed E-state index contributed by atoms with van der Waals surface area (Å²) in [6.45, 7) is 8.83. The van der Waals surface area contributed by atoms with Crippen LogP contribution in [0.15, 0.2) is 11.8 Å². The summed E-state index contributed by atoms with van der Waals surface area (Å²) in [5.41, 5.74) is 7.64. The Hall–Kier alpha value is -0.580. The van der Waals surface area contributed by atoms with Crippen LogP contribution in [0.3, 0.4) is 0 Å². The highest BCUT2D eigenvalue weighted by Crippen LogP contribution is 2.27. The van der Waals surface area contributed by atoms with Gasteiger partial charge in [-0.25, -0.2) is 0 Å². The lowest BCUT2D eigenvalue weighted by molar-refractivity contribution is -0.0159. The van der Waals surface area contributed by atoms with Gasteiger partial charge in [-0.2, -0.15) is 0 Å². The average Bonchev–Trinajstić information content (AvgIpc) is 2.40. The van der Waals surface area contributed by atoms with Gasteiger partial charge in [0.15, 0.2) is 0 Å². The number of nitrogens with zero attached hydrogens (tertiary/aromatic N) is 1. The van der Waals surface area contributed by atoms with Crippen molar-refractivity contribution in [3.8, 4) is 0 Å². The van der Waals surface area contributed by atoms with Gasteiger partial charge in [0.2, 0.25) is 0 Å². The summed E-state index contributed by atoms with van der Waals surface area (Å²) in [6.07, 6.45) is 4.02. The van der Waals surface area contributed by atoms with Gasteiger partial charge in [-0.15, -0.1) is 0 Å². The third kappa shape index (κ3) is 2.81. The number of ether oxygens (including phenoxy) is 2. The van der Waals surface area contributed by atoms with E-state index in [9.17, 15) is 0 Å². The molecule has 0 bridgehead atoms. The molecular weight excluding hydrogens is 216 g/mol. The van der Waals surface area contributed by atoms with Crippen LogP contribution in [-0.2, 0) is 9.47 Å². The van der Waals surface area contributed by atoms with Crippen LogP contribution < -0.4 is 5.73 Å². The first kappa shape index (κ1) is 12.9. The average molecular weight is 240 g/mol. The van der Waals surface area contributed by atoms with E-state index >= 15 is 0 Å². The van der Waals surface area contributed by atoms with Crippen molar-refractivity contribution in [2.24, 2.45) is 5.73 Å². The molecule has 98 valence electrons. The van der Waals surface area contributed by atoms with Crippen molar-refractivity contribution < 1.29 is 9.47 Å². The third-order valence-corrected chi connectivity index (χ3v) is 3.95. The lowest BCUT2D eigenvalue weighted by Gasteiger charge is -2.45. The zero-order chi connectivity index (χ0) is 12.3. The lowest BCUT2D eigenvalue weighted by Crippen LogP contribution is -2.59. The molecule has 0 aliphatic carbocycles. The minimum Gasteiger partial charge on any atom is -0.501 e. The summed E-state index contributed by atoms with van der Waals surface area (Å²) in [5.74, 6) is 0. The summed E-state index contributed by atoms with van der Waals surface area (Å²) in [6, 6.07) is 0.0425. The van der Waals surface area contributed by atoms with Crippen molar-refractivity contribution in [1.29, 1.82) is 0 Å². The molecule has 4 nitrogen and oxygen atoms in total. The van der Waals surface area contributed by atoms with Crippen LogP contribution in [0, 0.1) is 0 Å².